The number of thiophene rings is 1. The molecule has 2 atom stereocenters. The Hall–Kier alpha value is -7.26. The minimum Gasteiger partial charge on any atom is -0.480 e. The van der Waals surface area contributed by atoms with Crippen LogP contribution in [0.1, 0.15) is 59.5 Å². The Morgan fingerprint density at radius 3 is 1.62 bits per heavy atom. The van der Waals surface area contributed by atoms with Crippen LogP contribution in [0.25, 0.3) is 12.2 Å². The van der Waals surface area contributed by atoms with Crippen molar-refractivity contribution in [2.45, 2.75) is 31.6 Å². The van der Waals surface area contributed by atoms with Crippen LogP contribution >= 0.6 is 46.1 Å². The number of amides is 6. The predicted molar refractivity (Wildman–Crippen MR) is 235 cm³/mol. The number of carboxylic acids is 2. The van der Waals surface area contributed by atoms with Gasteiger partial charge in [-0.05, 0) is 83.3 Å². The normalized spacial score (nSPS) is 11.8. The molecule has 3 heterocycles. The summed E-state index contributed by atoms with van der Waals surface area (Å²) in [6, 6.07) is 12.0. The van der Waals surface area contributed by atoms with Crippen molar-refractivity contribution in [3.63, 3.8) is 0 Å². The van der Waals surface area contributed by atoms with E-state index in [9.17, 15) is 47.9 Å². The van der Waals surface area contributed by atoms with E-state index in [4.69, 9.17) is 54.5 Å². The first kappa shape index (κ1) is 50.4. The number of primary amides is 1. The van der Waals surface area contributed by atoms with Crippen LogP contribution in [0.5, 0.6) is 0 Å². The molecule has 5 rings (SSSR count). The Morgan fingerprint density at radius 1 is 0.677 bits per heavy atom. The fourth-order valence-electron chi connectivity index (χ4n) is 5.23. The molecule has 65 heavy (non-hydrogen) atoms. The quantitative estimate of drug-likeness (QED) is 0.0505. The molecule has 9 N–H and O–H groups in total. The van der Waals surface area contributed by atoms with Gasteiger partial charge in [-0.3, -0.25) is 28.8 Å². The number of halogens is 4. The number of benzene rings is 2. The number of hydrogen-bond acceptors (Lipinski definition) is 11. The standard InChI is InChI=1S/C23H19Cl2N3O6S.C19H17ClFN3O6/c24-15-9-13(11-26-19(29)6-5-14-3-1-7-34-14)10-16(25)20(15)22(31)28-17(23(32)33)12-27-21(30)18-4-2-8-35-18;20-12-6-10(9-23-16(26)4-3-11-2-1-5-30-11)7-13(21)17(12)18(27)24-14(19(28)29)8-15(22)25/h1-10,17H,11-12H2,(H,26,29)(H,27,30)(H,28,31)(H,32,33);1-7,14H,8-9H2,(H2,22,25)(H,23,26)(H,24,27)(H,28,29)/b6-5+;4-3+/t17-;14-/m00/s1. The number of nitrogens with two attached hydrogens (primary N) is 1. The molecular weight excluding hydrogens is 938 g/mol. The van der Waals surface area contributed by atoms with Crippen molar-refractivity contribution in [1.29, 1.82) is 0 Å². The van der Waals surface area contributed by atoms with Gasteiger partial charge in [-0.1, -0.05) is 40.9 Å². The molecule has 0 radical (unpaired) electrons. The average molecular weight is 974 g/mol. The van der Waals surface area contributed by atoms with Crippen LogP contribution < -0.4 is 32.3 Å². The summed E-state index contributed by atoms with van der Waals surface area (Å²) >= 11 is 19.6. The molecule has 23 heteroatoms. The van der Waals surface area contributed by atoms with Gasteiger partial charge in [0.1, 0.15) is 29.4 Å². The summed E-state index contributed by atoms with van der Waals surface area (Å²) in [5, 5.41) is 31.7. The van der Waals surface area contributed by atoms with E-state index in [1.165, 1.54) is 66.4 Å². The highest BCUT2D eigenvalue weighted by atomic mass is 35.5. The maximum absolute atomic E-state index is 14.4. The lowest BCUT2D eigenvalue weighted by Crippen LogP contribution is -2.48. The number of carbonyl (C=O) groups is 8. The summed E-state index contributed by atoms with van der Waals surface area (Å²) in [6.07, 6.45) is 7.74. The Bertz CT molecular complexity index is 2540. The zero-order chi connectivity index (χ0) is 47.6. The van der Waals surface area contributed by atoms with Gasteiger partial charge in [-0.25, -0.2) is 14.0 Å². The van der Waals surface area contributed by atoms with Crippen LogP contribution in [-0.4, -0.2) is 76.2 Å². The molecule has 3 aromatic heterocycles. The van der Waals surface area contributed by atoms with Crippen molar-refractivity contribution < 1.29 is 61.8 Å². The van der Waals surface area contributed by atoms with Crippen molar-refractivity contribution in [1.82, 2.24) is 26.6 Å². The molecule has 0 unspecified atom stereocenters. The molecule has 0 bridgehead atoms. The Morgan fingerprint density at radius 2 is 1.17 bits per heavy atom. The molecule has 0 spiro atoms. The van der Waals surface area contributed by atoms with Crippen LogP contribution in [0.2, 0.25) is 15.1 Å². The van der Waals surface area contributed by atoms with E-state index >= 15 is 0 Å². The average Bonchev–Trinajstić information content (AvgIpc) is 4.07. The molecule has 0 aliphatic rings. The summed E-state index contributed by atoms with van der Waals surface area (Å²) in [4.78, 5) is 94.8. The highest BCUT2D eigenvalue weighted by molar-refractivity contribution is 7.12. The zero-order valence-corrected chi connectivity index (χ0v) is 36.4. The Labute approximate surface area is 386 Å². The summed E-state index contributed by atoms with van der Waals surface area (Å²) in [5.74, 6) is -7.11. The van der Waals surface area contributed by atoms with E-state index in [1.807, 2.05) is 5.32 Å². The van der Waals surface area contributed by atoms with Crippen LogP contribution in [-0.2, 0) is 37.1 Å². The predicted octanol–water partition coefficient (Wildman–Crippen LogP) is 5.05. The van der Waals surface area contributed by atoms with Crippen LogP contribution in [0.3, 0.4) is 0 Å². The van der Waals surface area contributed by atoms with Crippen molar-refractivity contribution in [2.75, 3.05) is 6.54 Å². The third kappa shape index (κ3) is 16.1. The number of hydrogen-bond donors (Lipinski definition) is 8. The number of carbonyl (C=O) groups excluding carboxylic acids is 6. The van der Waals surface area contributed by atoms with E-state index in [0.29, 0.717) is 22.0 Å². The lowest BCUT2D eigenvalue weighted by molar-refractivity contribution is -0.141. The highest BCUT2D eigenvalue weighted by Gasteiger charge is 2.27. The third-order valence-corrected chi connectivity index (χ3v) is 10.1. The number of furan rings is 2. The summed E-state index contributed by atoms with van der Waals surface area (Å²) in [5.41, 5.74) is 5.00. The molecule has 18 nitrogen and oxygen atoms in total. The highest BCUT2D eigenvalue weighted by Crippen LogP contribution is 2.27. The molecule has 0 fully saturated rings. The minimum atomic E-state index is -1.63. The van der Waals surface area contributed by atoms with Gasteiger partial charge in [0.05, 0.1) is 50.0 Å². The van der Waals surface area contributed by atoms with Gasteiger partial charge in [0.25, 0.3) is 17.7 Å². The van der Waals surface area contributed by atoms with Gasteiger partial charge in [0.2, 0.25) is 17.7 Å². The largest absolute Gasteiger partial charge is 0.480 e. The van der Waals surface area contributed by atoms with Crippen LogP contribution in [0, 0.1) is 5.82 Å². The fourth-order valence-corrected chi connectivity index (χ4v) is 6.89. The van der Waals surface area contributed by atoms with Crippen molar-refractivity contribution in [3.8, 4) is 0 Å². The Kier molecular flexibility index (Phi) is 19.0. The summed E-state index contributed by atoms with van der Waals surface area (Å²) < 4.78 is 24.6. The van der Waals surface area contributed by atoms with Crippen LogP contribution in [0.4, 0.5) is 4.39 Å². The maximum Gasteiger partial charge on any atom is 0.328 e. The van der Waals surface area contributed by atoms with E-state index < -0.39 is 71.4 Å². The summed E-state index contributed by atoms with van der Waals surface area (Å²) in [7, 11) is 0. The van der Waals surface area contributed by atoms with E-state index in [-0.39, 0.29) is 51.7 Å². The smallest absolute Gasteiger partial charge is 0.328 e. The second-order valence-corrected chi connectivity index (χ2v) is 15.3. The lowest BCUT2D eigenvalue weighted by Gasteiger charge is -2.17. The van der Waals surface area contributed by atoms with Gasteiger partial charge >= 0.3 is 11.9 Å². The lowest BCUT2D eigenvalue weighted by atomic mass is 10.1. The second-order valence-electron chi connectivity index (χ2n) is 13.1. The first-order valence-electron chi connectivity index (χ1n) is 18.5. The molecule has 340 valence electrons. The third-order valence-electron chi connectivity index (χ3n) is 8.30. The monoisotopic (exact) mass is 972 g/mol. The molecule has 2 aromatic carbocycles. The number of aliphatic carboxylic acids is 2. The van der Waals surface area contributed by atoms with Crippen molar-refractivity contribution in [2.24, 2.45) is 5.73 Å². The van der Waals surface area contributed by atoms with Gasteiger partial charge in [-0.2, -0.15) is 0 Å². The zero-order valence-electron chi connectivity index (χ0n) is 33.3. The molecule has 5 aromatic rings. The van der Waals surface area contributed by atoms with Gasteiger partial charge in [0, 0.05) is 31.8 Å². The molecule has 0 aliphatic heterocycles. The van der Waals surface area contributed by atoms with Gasteiger partial charge in [0.15, 0.2) is 0 Å². The molecule has 0 aliphatic carbocycles. The number of rotatable bonds is 19. The maximum atomic E-state index is 14.4. The topological polar surface area (TPSA) is 289 Å². The molecule has 6 amide bonds. The summed E-state index contributed by atoms with van der Waals surface area (Å²) in [6.45, 7) is -0.350. The first-order valence-corrected chi connectivity index (χ1v) is 20.5. The van der Waals surface area contributed by atoms with Gasteiger partial charge < -0.3 is 51.4 Å². The Balaban J connectivity index is 0.000000288. The van der Waals surface area contributed by atoms with E-state index in [2.05, 4.69) is 21.3 Å². The number of carboxylic acid groups (broad SMARTS) is 2. The van der Waals surface area contributed by atoms with E-state index in [1.54, 1.807) is 41.8 Å². The van der Waals surface area contributed by atoms with Gasteiger partial charge in [-0.15, -0.1) is 11.3 Å². The fraction of sp³-hybridized carbons (Fsp3) is 0.143. The first-order chi connectivity index (χ1) is 30.9. The molecule has 0 saturated heterocycles. The SMILES string of the molecule is NC(=O)C[C@H](NC(=O)c1c(F)cc(CNC(=O)/C=C/c2ccco2)cc1Cl)C(=O)O.O=C(/C=C/c1ccco1)NCc1cc(Cl)c(C(=O)N[C@@H](CNC(=O)c2cccs2)C(=O)O)c(Cl)c1. The molecular formula is C42H36Cl3FN6O12S. The van der Waals surface area contributed by atoms with E-state index in [0.717, 1.165) is 6.07 Å². The second kappa shape index (κ2) is 24.5. The molecule has 0 saturated carbocycles. The van der Waals surface area contributed by atoms with Crippen molar-refractivity contribution >= 4 is 106 Å². The van der Waals surface area contributed by atoms with Crippen molar-refractivity contribution in [3.05, 3.63) is 150 Å². The van der Waals surface area contributed by atoms with Crippen LogP contribution in [0.15, 0.2) is 99.6 Å². The number of nitrogens with one attached hydrogen (secondary N) is 5. The minimum absolute atomic E-state index is 0.0304.